The van der Waals surface area contributed by atoms with Gasteiger partial charge in [0.1, 0.15) is 5.75 Å². The fourth-order valence-electron chi connectivity index (χ4n) is 2.20. The average molecular weight is 334 g/mol. The van der Waals surface area contributed by atoms with E-state index >= 15 is 0 Å². The van der Waals surface area contributed by atoms with Crippen LogP contribution in [0.5, 0.6) is 5.75 Å². The van der Waals surface area contributed by atoms with Crippen LogP contribution in [0.25, 0.3) is 10.8 Å². The molecular formula is C15H14N2O5S. The summed E-state index contributed by atoms with van der Waals surface area (Å²) in [5.74, 6) is 0.579. The molecule has 0 atom stereocenters. The summed E-state index contributed by atoms with van der Waals surface area (Å²) < 4.78 is 34.2. The van der Waals surface area contributed by atoms with Gasteiger partial charge < -0.3 is 9.15 Å². The molecule has 120 valence electrons. The molecule has 0 N–H and O–H groups in total. The zero-order valence-corrected chi connectivity index (χ0v) is 13.3. The van der Waals surface area contributed by atoms with E-state index in [9.17, 15) is 13.2 Å². The highest BCUT2D eigenvalue weighted by Crippen LogP contribution is 2.18. The Labute approximate surface area is 132 Å². The molecule has 0 unspecified atom stereocenters. The molecule has 0 saturated heterocycles. The van der Waals surface area contributed by atoms with Crippen LogP contribution in [0.2, 0.25) is 0 Å². The predicted molar refractivity (Wildman–Crippen MR) is 83.5 cm³/mol. The Morgan fingerprint density at radius 3 is 2.74 bits per heavy atom. The van der Waals surface area contributed by atoms with E-state index < -0.39 is 9.84 Å². The van der Waals surface area contributed by atoms with Gasteiger partial charge in [0.15, 0.2) is 0 Å². The van der Waals surface area contributed by atoms with E-state index in [-0.39, 0.29) is 17.2 Å². The van der Waals surface area contributed by atoms with E-state index in [1.54, 1.807) is 24.4 Å². The van der Waals surface area contributed by atoms with Gasteiger partial charge in [-0.3, -0.25) is 4.79 Å². The zero-order valence-electron chi connectivity index (χ0n) is 12.5. The smallest absolute Gasteiger partial charge is 0.275 e. The van der Waals surface area contributed by atoms with Gasteiger partial charge >= 0.3 is 0 Å². The van der Waals surface area contributed by atoms with E-state index in [4.69, 9.17) is 9.15 Å². The summed E-state index contributed by atoms with van der Waals surface area (Å²) in [5, 5.41) is 5.15. The third-order valence-electron chi connectivity index (χ3n) is 3.39. The van der Waals surface area contributed by atoms with E-state index in [1.807, 2.05) is 0 Å². The van der Waals surface area contributed by atoms with Crippen LogP contribution in [0, 0.1) is 0 Å². The van der Waals surface area contributed by atoms with Crippen LogP contribution in [0.4, 0.5) is 0 Å². The predicted octanol–water partition coefficient (Wildman–Crippen LogP) is 1.45. The van der Waals surface area contributed by atoms with E-state index in [1.165, 1.54) is 24.1 Å². The molecule has 0 fully saturated rings. The summed E-state index contributed by atoms with van der Waals surface area (Å²) in [6.07, 6.45) is 3.94. The fraction of sp³-hybridized carbons (Fsp3) is 0.200. The van der Waals surface area contributed by atoms with Crippen molar-refractivity contribution < 1.29 is 17.6 Å². The molecule has 0 bridgehead atoms. The molecule has 1 aromatic carbocycles. The lowest BCUT2D eigenvalue weighted by molar-refractivity contribution is 0.415. The topological polar surface area (TPSA) is 91.4 Å². The molecule has 0 radical (unpaired) electrons. The number of benzene rings is 1. The van der Waals surface area contributed by atoms with Crippen LogP contribution in [0.15, 0.2) is 51.0 Å². The van der Waals surface area contributed by atoms with Gasteiger partial charge in [0.2, 0.25) is 14.9 Å². The van der Waals surface area contributed by atoms with Crippen molar-refractivity contribution in [3.63, 3.8) is 0 Å². The highest BCUT2D eigenvalue weighted by molar-refractivity contribution is 7.90. The second-order valence-electron chi connectivity index (χ2n) is 5.11. The molecule has 8 heteroatoms. The van der Waals surface area contributed by atoms with Crippen molar-refractivity contribution in [2.45, 2.75) is 11.6 Å². The van der Waals surface area contributed by atoms with Crippen LogP contribution in [-0.4, -0.2) is 31.6 Å². The maximum Gasteiger partial charge on any atom is 0.275 e. The van der Waals surface area contributed by atoms with Crippen molar-refractivity contribution in [1.82, 2.24) is 9.78 Å². The molecule has 0 spiro atoms. The maximum absolute atomic E-state index is 12.5. The first-order chi connectivity index (χ1) is 10.9. The summed E-state index contributed by atoms with van der Waals surface area (Å²) in [6, 6.07) is 6.54. The third kappa shape index (κ3) is 2.98. The lowest BCUT2D eigenvalue weighted by Crippen LogP contribution is -2.23. The van der Waals surface area contributed by atoms with Crippen LogP contribution in [0.1, 0.15) is 5.56 Å². The fourth-order valence-corrected chi connectivity index (χ4v) is 2.79. The van der Waals surface area contributed by atoms with E-state index in [0.717, 1.165) is 6.26 Å². The zero-order chi connectivity index (χ0) is 16.6. The van der Waals surface area contributed by atoms with E-state index in [0.29, 0.717) is 22.1 Å². The standard InChI is InChI=1S/C15H14N2O5S/c1-21-12-4-3-11-7-16-17(15(18)13(11)6-12)8-10-5-14(22-9-10)23(2,19)20/h3-7,9H,8H2,1-2H3. The van der Waals surface area contributed by atoms with Crippen molar-refractivity contribution in [2.75, 3.05) is 13.4 Å². The molecule has 0 amide bonds. The minimum Gasteiger partial charge on any atom is -0.497 e. The molecule has 0 aliphatic rings. The minimum atomic E-state index is -3.42. The largest absolute Gasteiger partial charge is 0.497 e. The number of aromatic nitrogens is 2. The first-order valence-electron chi connectivity index (χ1n) is 6.70. The first-order valence-corrected chi connectivity index (χ1v) is 8.59. The van der Waals surface area contributed by atoms with Gasteiger partial charge in [-0.25, -0.2) is 13.1 Å². The molecule has 0 aliphatic heterocycles. The Hall–Kier alpha value is -2.61. The highest BCUT2D eigenvalue weighted by atomic mass is 32.2. The van der Waals surface area contributed by atoms with Crippen molar-refractivity contribution in [3.8, 4) is 5.75 Å². The maximum atomic E-state index is 12.5. The number of hydrogen-bond donors (Lipinski definition) is 0. The minimum absolute atomic E-state index is 0.116. The normalized spacial score (nSPS) is 11.7. The van der Waals surface area contributed by atoms with Crippen LogP contribution in [-0.2, 0) is 16.4 Å². The summed E-state index contributed by atoms with van der Waals surface area (Å²) in [6.45, 7) is 0.116. The first kappa shape index (κ1) is 15.3. The molecule has 7 nitrogen and oxygen atoms in total. The Morgan fingerprint density at radius 1 is 1.30 bits per heavy atom. The molecule has 0 aliphatic carbocycles. The number of hydrogen-bond acceptors (Lipinski definition) is 6. The Bertz CT molecular complexity index is 1030. The van der Waals surface area contributed by atoms with Crippen molar-refractivity contribution in [2.24, 2.45) is 0 Å². The van der Waals surface area contributed by atoms with Crippen molar-refractivity contribution >= 4 is 20.6 Å². The Morgan fingerprint density at radius 2 is 2.09 bits per heavy atom. The van der Waals surface area contributed by atoms with Gasteiger partial charge in [0.05, 0.1) is 31.5 Å². The summed E-state index contributed by atoms with van der Waals surface area (Å²) in [4.78, 5) is 12.5. The van der Waals surface area contributed by atoms with Gasteiger partial charge in [0.25, 0.3) is 5.56 Å². The van der Waals surface area contributed by atoms with Gasteiger partial charge in [-0.2, -0.15) is 5.10 Å². The molecular weight excluding hydrogens is 320 g/mol. The number of nitrogens with zero attached hydrogens (tertiary/aromatic N) is 2. The van der Waals surface area contributed by atoms with Gasteiger partial charge in [-0.15, -0.1) is 0 Å². The third-order valence-corrected chi connectivity index (χ3v) is 4.33. The monoisotopic (exact) mass is 334 g/mol. The number of sulfone groups is 1. The summed E-state index contributed by atoms with van der Waals surface area (Å²) in [7, 11) is -1.89. The second-order valence-corrected chi connectivity index (χ2v) is 7.05. The van der Waals surface area contributed by atoms with Gasteiger partial charge in [0, 0.05) is 23.3 Å². The summed E-state index contributed by atoms with van der Waals surface area (Å²) in [5.41, 5.74) is 0.255. The SMILES string of the molecule is COc1ccc2cnn(Cc3coc(S(C)(=O)=O)c3)c(=O)c2c1. The van der Waals surface area contributed by atoms with Gasteiger partial charge in [-0.1, -0.05) is 0 Å². The quantitative estimate of drug-likeness (QED) is 0.717. The van der Waals surface area contributed by atoms with Crippen molar-refractivity contribution in [3.05, 3.63) is 52.6 Å². The molecule has 2 heterocycles. The molecule has 3 aromatic rings. The van der Waals surface area contributed by atoms with Crippen LogP contribution >= 0.6 is 0 Å². The summed E-state index contributed by atoms with van der Waals surface area (Å²) >= 11 is 0. The molecule has 3 rings (SSSR count). The highest BCUT2D eigenvalue weighted by Gasteiger charge is 2.14. The Balaban J connectivity index is 2.02. The lowest BCUT2D eigenvalue weighted by atomic mass is 10.2. The number of rotatable bonds is 4. The molecule has 2 aromatic heterocycles. The second kappa shape index (κ2) is 5.54. The van der Waals surface area contributed by atoms with Crippen LogP contribution in [0.3, 0.4) is 0 Å². The number of fused-ring (bicyclic) bond motifs is 1. The van der Waals surface area contributed by atoms with E-state index in [2.05, 4.69) is 5.10 Å². The lowest BCUT2D eigenvalue weighted by Gasteiger charge is -2.06. The van der Waals surface area contributed by atoms with Crippen molar-refractivity contribution in [1.29, 1.82) is 0 Å². The van der Waals surface area contributed by atoms with Gasteiger partial charge in [-0.05, 0) is 18.2 Å². The van der Waals surface area contributed by atoms with Crippen LogP contribution < -0.4 is 10.3 Å². The average Bonchev–Trinajstić information content (AvgIpc) is 2.99. The molecule has 23 heavy (non-hydrogen) atoms. The number of furan rings is 1. The number of ether oxygens (including phenoxy) is 1. The Kier molecular flexibility index (Phi) is 3.69. The molecule has 0 saturated carbocycles. The number of methoxy groups -OCH3 is 1.